The van der Waals surface area contributed by atoms with Crippen molar-refractivity contribution in [2.24, 2.45) is 17.8 Å². The number of aryl methyl sites for hydroxylation is 1. The standard InChI is InChI=1S/C21H33NS/c1-6-17(4)18(5)21(19-11-7-15(2)8-12-19)22-23-20-13-9-16(3)10-14-20/h9-10,13-15,17,19,21-22H,5-8,11-12H2,1-4H3. The van der Waals surface area contributed by atoms with Crippen LogP contribution in [0, 0.1) is 24.7 Å². The van der Waals surface area contributed by atoms with Gasteiger partial charge in [0.15, 0.2) is 0 Å². The van der Waals surface area contributed by atoms with Gasteiger partial charge in [-0.05, 0) is 68.0 Å². The van der Waals surface area contributed by atoms with Gasteiger partial charge >= 0.3 is 0 Å². The summed E-state index contributed by atoms with van der Waals surface area (Å²) >= 11 is 1.78. The van der Waals surface area contributed by atoms with Crippen molar-refractivity contribution in [1.82, 2.24) is 4.72 Å². The predicted molar refractivity (Wildman–Crippen MR) is 104 cm³/mol. The molecule has 0 radical (unpaired) electrons. The summed E-state index contributed by atoms with van der Waals surface area (Å²) in [4.78, 5) is 1.29. The minimum absolute atomic E-state index is 0.434. The van der Waals surface area contributed by atoms with Crippen LogP contribution in [-0.4, -0.2) is 6.04 Å². The van der Waals surface area contributed by atoms with Gasteiger partial charge in [-0.2, -0.15) is 0 Å². The van der Waals surface area contributed by atoms with Gasteiger partial charge in [0.25, 0.3) is 0 Å². The van der Waals surface area contributed by atoms with E-state index in [0.29, 0.717) is 12.0 Å². The van der Waals surface area contributed by atoms with E-state index < -0.39 is 0 Å². The van der Waals surface area contributed by atoms with E-state index in [9.17, 15) is 0 Å². The fourth-order valence-electron chi connectivity index (χ4n) is 3.40. The largest absolute Gasteiger partial charge is 0.252 e. The average Bonchev–Trinajstić information content (AvgIpc) is 2.57. The van der Waals surface area contributed by atoms with E-state index in [4.69, 9.17) is 0 Å². The third-order valence-corrected chi connectivity index (χ3v) is 6.38. The molecule has 1 saturated carbocycles. The summed E-state index contributed by atoms with van der Waals surface area (Å²) in [5, 5.41) is 0. The molecule has 1 aromatic carbocycles. The van der Waals surface area contributed by atoms with Gasteiger partial charge in [-0.3, -0.25) is 4.72 Å². The molecule has 1 aliphatic carbocycles. The van der Waals surface area contributed by atoms with Crippen molar-refractivity contribution in [3.8, 4) is 0 Å². The second kappa shape index (κ2) is 8.94. The molecular weight excluding hydrogens is 298 g/mol. The van der Waals surface area contributed by atoms with Crippen molar-refractivity contribution in [2.45, 2.75) is 70.7 Å². The zero-order valence-corrected chi connectivity index (χ0v) is 16.1. The van der Waals surface area contributed by atoms with Crippen molar-refractivity contribution in [1.29, 1.82) is 0 Å². The van der Waals surface area contributed by atoms with Gasteiger partial charge in [0.1, 0.15) is 0 Å². The summed E-state index contributed by atoms with van der Waals surface area (Å²) in [6.07, 6.45) is 6.58. The Bertz CT molecular complexity index is 485. The van der Waals surface area contributed by atoms with E-state index in [2.05, 4.69) is 63.3 Å². The third kappa shape index (κ3) is 5.39. The number of rotatable bonds is 7. The molecule has 128 valence electrons. The van der Waals surface area contributed by atoms with Crippen LogP contribution in [0.25, 0.3) is 0 Å². The second-order valence-corrected chi connectivity index (χ2v) is 8.33. The highest BCUT2D eigenvalue weighted by Gasteiger charge is 2.29. The van der Waals surface area contributed by atoms with Gasteiger partial charge in [-0.15, -0.1) is 0 Å². The molecule has 0 aliphatic heterocycles. The van der Waals surface area contributed by atoms with Crippen LogP contribution in [0.2, 0.25) is 0 Å². The Morgan fingerprint density at radius 2 is 1.83 bits per heavy atom. The molecule has 23 heavy (non-hydrogen) atoms. The van der Waals surface area contributed by atoms with Gasteiger partial charge < -0.3 is 0 Å². The molecule has 0 heterocycles. The van der Waals surface area contributed by atoms with Crippen molar-refractivity contribution >= 4 is 11.9 Å². The van der Waals surface area contributed by atoms with Gasteiger partial charge in [0.05, 0.1) is 0 Å². The lowest BCUT2D eigenvalue weighted by Crippen LogP contribution is -2.37. The molecule has 0 saturated heterocycles. The van der Waals surface area contributed by atoms with Crippen molar-refractivity contribution in [3.63, 3.8) is 0 Å². The van der Waals surface area contributed by atoms with E-state index in [0.717, 1.165) is 11.8 Å². The highest BCUT2D eigenvalue weighted by atomic mass is 32.2. The van der Waals surface area contributed by atoms with E-state index in [-0.39, 0.29) is 0 Å². The zero-order chi connectivity index (χ0) is 16.8. The molecule has 1 aromatic rings. The molecule has 2 atom stereocenters. The molecule has 2 unspecified atom stereocenters. The molecule has 1 N–H and O–H groups in total. The van der Waals surface area contributed by atoms with E-state index in [1.165, 1.54) is 48.1 Å². The van der Waals surface area contributed by atoms with Crippen LogP contribution in [0.1, 0.15) is 58.4 Å². The average molecular weight is 332 g/mol. The molecule has 1 aliphatic rings. The normalized spacial score (nSPS) is 24.2. The van der Waals surface area contributed by atoms with Crippen LogP contribution in [0.4, 0.5) is 0 Å². The topological polar surface area (TPSA) is 12.0 Å². The minimum Gasteiger partial charge on any atom is -0.252 e. The van der Waals surface area contributed by atoms with Crippen LogP contribution in [0.5, 0.6) is 0 Å². The van der Waals surface area contributed by atoms with E-state index in [1.807, 2.05) is 0 Å². The maximum Gasteiger partial charge on any atom is 0.0412 e. The first kappa shape index (κ1) is 18.6. The zero-order valence-electron chi connectivity index (χ0n) is 15.3. The second-order valence-electron chi connectivity index (χ2n) is 7.41. The SMILES string of the molecule is C=C(C(C)CC)C(NSc1ccc(C)cc1)C1CCC(C)CC1. The van der Waals surface area contributed by atoms with Gasteiger partial charge in [-0.1, -0.05) is 63.5 Å². The maximum atomic E-state index is 4.47. The molecule has 0 spiro atoms. The van der Waals surface area contributed by atoms with Crippen molar-refractivity contribution in [2.75, 3.05) is 0 Å². The summed E-state index contributed by atoms with van der Waals surface area (Å²) in [6.45, 7) is 13.6. The molecule has 1 fully saturated rings. The van der Waals surface area contributed by atoms with Crippen molar-refractivity contribution in [3.05, 3.63) is 42.0 Å². The Kier molecular flexibility index (Phi) is 7.23. The molecule has 0 bridgehead atoms. The summed E-state index contributed by atoms with van der Waals surface area (Å²) < 4.78 is 3.77. The quantitative estimate of drug-likeness (QED) is 0.459. The molecule has 0 aromatic heterocycles. The van der Waals surface area contributed by atoms with Crippen LogP contribution in [0.15, 0.2) is 41.3 Å². The summed E-state index contributed by atoms with van der Waals surface area (Å²) in [5.41, 5.74) is 2.71. The van der Waals surface area contributed by atoms with Gasteiger partial charge in [0.2, 0.25) is 0 Å². The highest BCUT2D eigenvalue weighted by Crippen LogP contribution is 2.35. The maximum absolute atomic E-state index is 4.47. The predicted octanol–water partition coefficient (Wildman–Crippen LogP) is 6.39. The Balaban J connectivity index is 2.03. The first-order chi connectivity index (χ1) is 11.0. The third-order valence-electron chi connectivity index (χ3n) is 5.50. The minimum atomic E-state index is 0.434. The summed E-state index contributed by atoms with van der Waals surface area (Å²) in [7, 11) is 0. The molecule has 0 amide bonds. The smallest absolute Gasteiger partial charge is 0.0412 e. The Labute approximate surface area is 147 Å². The van der Waals surface area contributed by atoms with Crippen LogP contribution in [0.3, 0.4) is 0 Å². The fourth-order valence-corrected chi connectivity index (χ4v) is 4.28. The molecule has 2 heteroatoms. The van der Waals surface area contributed by atoms with Crippen LogP contribution < -0.4 is 4.72 Å². The lowest BCUT2D eigenvalue weighted by molar-refractivity contribution is 0.256. The van der Waals surface area contributed by atoms with E-state index in [1.54, 1.807) is 11.9 Å². The summed E-state index contributed by atoms with van der Waals surface area (Å²) in [5.74, 6) is 2.23. The molecule has 1 nitrogen and oxygen atoms in total. The lowest BCUT2D eigenvalue weighted by Gasteiger charge is -2.36. The first-order valence-corrected chi connectivity index (χ1v) is 10.0. The molecular formula is C21H33NS. The number of hydrogen-bond donors (Lipinski definition) is 1. The van der Waals surface area contributed by atoms with Crippen molar-refractivity contribution < 1.29 is 0 Å². The Hall–Kier alpha value is -0.730. The van der Waals surface area contributed by atoms with E-state index >= 15 is 0 Å². The fraction of sp³-hybridized carbons (Fsp3) is 0.619. The Morgan fingerprint density at radius 3 is 2.39 bits per heavy atom. The number of hydrogen-bond acceptors (Lipinski definition) is 2. The monoisotopic (exact) mass is 331 g/mol. The van der Waals surface area contributed by atoms with Gasteiger partial charge in [-0.25, -0.2) is 0 Å². The van der Waals surface area contributed by atoms with Crippen LogP contribution in [-0.2, 0) is 0 Å². The molecule has 2 rings (SSSR count). The number of benzene rings is 1. The van der Waals surface area contributed by atoms with Gasteiger partial charge in [0, 0.05) is 10.9 Å². The summed E-state index contributed by atoms with van der Waals surface area (Å²) in [6, 6.07) is 9.22. The van der Waals surface area contributed by atoms with Crippen LogP contribution >= 0.6 is 11.9 Å². The first-order valence-electron chi connectivity index (χ1n) is 9.19. The Morgan fingerprint density at radius 1 is 1.22 bits per heavy atom. The number of nitrogens with one attached hydrogen (secondary N) is 1. The lowest BCUT2D eigenvalue weighted by atomic mass is 9.75. The highest BCUT2D eigenvalue weighted by molar-refractivity contribution is 7.97.